The van der Waals surface area contributed by atoms with Crippen LogP contribution in [0.1, 0.15) is 52.1 Å². The Labute approximate surface area is 169 Å². The summed E-state index contributed by atoms with van der Waals surface area (Å²) in [5, 5.41) is 5.48. The van der Waals surface area contributed by atoms with Gasteiger partial charge in [0.25, 0.3) is 0 Å². The molecule has 0 saturated carbocycles. The van der Waals surface area contributed by atoms with Crippen LogP contribution in [0.2, 0.25) is 5.02 Å². The quantitative estimate of drug-likeness (QED) is 0.527. The zero-order valence-electron chi connectivity index (χ0n) is 16.4. The highest BCUT2D eigenvalue weighted by atomic mass is 35.5. The van der Waals surface area contributed by atoms with Crippen molar-refractivity contribution in [2.75, 3.05) is 6.61 Å². The summed E-state index contributed by atoms with van der Waals surface area (Å²) in [6.45, 7) is 7.60. The van der Waals surface area contributed by atoms with Gasteiger partial charge in [0.15, 0.2) is 0 Å². The van der Waals surface area contributed by atoms with E-state index in [0.29, 0.717) is 29.2 Å². The normalized spacial score (nSPS) is 16.5. The van der Waals surface area contributed by atoms with Gasteiger partial charge in [-0.05, 0) is 43.9 Å². The van der Waals surface area contributed by atoms with Gasteiger partial charge in [0, 0.05) is 12.1 Å². The summed E-state index contributed by atoms with van der Waals surface area (Å²) in [5.74, 6) is -0.262. The molecule has 1 unspecified atom stereocenters. The summed E-state index contributed by atoms with van der Waals surface area (Å²) >= 11 is 6.28. The molecule has 0 bridgehead atoms. The number of benzene rings is 1. The van der Waals surface area contributed by atoms with E-state index in [4.69, 9.17) is 21.1 Å². The van der Waals surface area contributed by atoms with Crippen LogP contribution in [0.5, 0.6) is 5.75 Å². The van der Waals surface area contributed by atoms with Crippen molar-refractivity contribution >= 4 is 29.6 Å². The lowest BCUT2D eigenvalue weighted by Crippen LogP contribution is -2.45. The predicted molar refractivity (Wildman–Crippen MR) is 105 cm³/mol. The topological polar surface area (TPSA) is 93.7 Å². The molecule has 0 saturated heterocycles. The van der Waals surface area contributed by atoms with Gasteiger partial charge in [-0.15, -0.1) is 0 Å². The number of amides is 2. The lowest BCUT2D eigenvalue weighted by molar-refractivity contribution is -0.139. The fourth-order valence-corrected chi connectivity index (χ4v) is 3.01. The highest BCUT2D eigenvalue weighted by molar-refractivity contribution is 6.32. The highest BCUT2D eigenvalue weighted by Crippen LogP contribution is 2.33. The molecule has 0 aromatic heterocycles. The smallest absolute Gasteiger partial charge is 0.338 e. The summed E-state index contributed by atoms with van der Waals surface area (Å²) < 4.78 is 10.4. The van der Waals surface area contributed by atoms with E-state index in [2.05, 4.69) is 10.6 Å². The molecule has 7 nitrogen and oxygen atoms in total. The van der Waals surface area contributed by atoms with Crippen LogP contribution in [0.3, 0.4) is 0 Å². The molecule has 2 N–H and O–H groups in total. The Morgan fingerprint density at radius 1 is 1.29 bits per heavy atom. The summed E-state index contributed by atoms with van der Waals surface area (Å²) in [4.78, 5) is 36.2. The first kappa shape index (κ1) is 21.8. The minimum atomic E-state index is -0.726. The number of carbonyl (C=O) groups is 3. The second-order valence-electron chi connectivity index (χ2n) is 6.89. The minimum absolute atomic E-state index is 0.211. The van der Waals surface area contributed by atoms with Crippen molar-refractivity contribution in [2.24, 2.45) is 5.92 Å². The molecule has 1 heterocycles. The Hall–Kier alpha value is -2.54. The maximum Gasteiger partial charge on any atom is 0.338 e. The fourth-order valence-electron chi connectivity index (χ4n) is 2.78. The van der Waals surface area contributed by atoms with Crippen LogP contribution in [0.4, 0.5) is 4.79 Å². The lowest BCUT2D eigenvalue weighted by atomic mass is 9.95. The maximum absolute atomic E-state index is 12.3. The molecule has 1 aromatic carbocycles. The number of rotatable bonds is 7. The van der Waals surface area contributed by atoms with E-state index in [1.807, 2.05) is 13.8 Å². The van der Waals surface area contributed by atoms with Gasteiger partial charge in [-0.1, -0.05) is 31.5 Å². The number of ether oxygens (including phenoxy) is 2. The molecule has 1 atom stereocenters. The van der Waals surface area contributed by atoms with Crippen LogP contribution in [0.15, 0.2) is 29.5 Å². The first-order valence-corrected chi connectivity index (χ1v) is 9.56. The van der Waals surface area contributed by atoms with Crippen LogP contribution >= 0.6 is 11.6 Å². The van der Waals surface area contributed by atoms with Crippen molar-refractivity contribution in [2.45, 2.75) is 46.6 Å². The van der Waals surface area contributed by atoms with Crippen LogP contribution < -0.4 is 15.4 Å². The molecule has 0 aliphatic carbocycles. The fraction of sp³-hybridized carbons (Fsp3) is 0.450. The number of hydrogen-bond acceptors (Lipinski definition) is 5. The molecule has 0 spiro atoms. The third-order valence-electron chi connectivity index (χ3n) is 4.20. The van der Waals surface area contributed by atoms with E-state index < -0.39 is 18.0 Å². The standard InChI is InChI=1S/C20H25ClN2O5/c1-5-27-19(25)17-12(4)22-20(26)23-18(17)13-7-8-15(14(21)10-13)28-16(24)9-6-11(2)3/h7-8,10-11,18H,5-6,9H2,1-4H3,(H2,22,23,26). The Bertz CT molecular complexity index is 804. The summed E-state index contributed by atoms with van der Waals surface area (Å²) in [6, 6.07) is 3.61. The average Bonchev–Trinajstić information content (AvgIpc) is 2.61. The summed E-state index contributed by atoms with van der Waals surface area (Å²) in [7, 11) is 0. The minimum Gasteiger partial charge on any atom is -0.463 e. The van der Waals surface area contributed by atoms with Crippen molar-refractivity contribution in [1.29, 1.82) is 0 Å². The van der Waals surface area contributed by atoms with Crippen LogP contribution in [0, 0.1) is 5.92 Å². The molecule has 1 aliphatic heterocycles. The van der Waals surface area contributed by atoms with Gasteiger partial charge < -0.3 is 20.1 Å². The number of esters is 2. The van der Waals surface area contributed by atoms with Crippen molar-refractivity contribution in [3.8, 4) is 5.75 Å². The van der Waals surface area contributed by atoms with Crippen LogP contribution in [0.25, 0.3) is 0 Å². The van der Waals surface area contributed by atoms with Crippen LogP contribution in [-0.4, -0.2) is 24.6 Å². The van der Waals surface area contributed by atoms with E-state index in [0.717, 1.165) is 6.42 Å². The van der Waals surface area contributed by atoms with Crippen molar-refractivity contribution < 1.29 is 23.9 Å². The number of allylic oxidation sites excluding steroid dienone is 1. The molecule has 28 heavy (non-hydrogen) atoms. The van der Waals surface area contributed by atoms with Crippen molar-refractivity contribution in [1.82, 2.24) is 10.6 Å². The molecular formula is C20H25ClN2O5. The van der Waals surface area contributed by atoms with Crippen LogP contribution in [-0.2, 0) is 14.3 Å². The zero-order chi connectivity index (χ0) is 20.8. The summed E-state index contributed by atoms with van der Waals surface area (Å²) in [5.41, 5.74) is 1.27. The van der Waals surface area contributed by atoms with Gasteiger partial charge in [-0.3, -0.25) is 4.79 Å². The van der Waals surface area contributed by atoms with Gasteiger partial charge in [0.05, 0.1) is 23.2 Å². The molecule has 0 fully saturated rings. The monoisotopic (exact) mass is 408 g/mol. The second-order valence-corrected chi connectivity index (χ2v) is 7.29. The molecule has 152 valence electrons. The number of urea groups is 1. The molecular weight excluding hydrogens is 384 g/mol. The number of halogens is 1. The Morgan fingerprint density at radius 2 is 2.00 bits per heavy atom. The Morgan fingerprint density at radius 3 is 2.61 bits per heavy atom. The third kappa shape index (κ3) is 5.48. The Balaban J connectivity index is 2.25. The molecule has 8 heteroatoms. The van der Waals surface area contributed by atoms with Gasteiger partial charge in [0.1, 0.15) is 5.75 Å². The van der Waals surface area contributed by atoms with Gasteiger partial charge in [0.2, 0.25) is 0 Å². The van der Waals surface area contributed by atoms with Gasteiger partial charge >= 0.3 is 18.0 Å². The number of carbonyl (C=O) groups excluding carboxylic acids is 3. The molecule has 2 rings (SSSR count). The molecule has 2 amide bonds. The lowest BCUT2D eigenvalue weighted by Gasteiger charge is -2.28. The maximum atomic E-state index is 12.3. The Kier molecular flexibility index (Phi) is 7.45. The van der Waals surface area contributed by atoms with E-state index in [1.54, 1.807) is 32.0 Å². The largest absolute Gasteiger partial charge is 0.463 e. The van der Waals surface area contributed by atoms with E-state index in [9.17, 15) is 14.4 Å². The predicted octanol–water partition coefficient (Wildman–Crippen LogP) is 3.87. The molecule has 1 aliphatic rings. The van der Waals surface area contributed by atoms with Gasteiger partial charge in [-0.25, -0.2) is 9.59 Å². The molecule has 1 aromatic rings. The van der Waals surface area contributed by atoms with Crippen molar-refractivity contribution in [3.63, 3.8) is 0 Å². The third-order valence-corrected chi connectivity index (χ3v) is 4.50. The SMILES string of the molecule is CCOC(=O)C1=C(C)NC(=O)NC1c1ccc(OC(=O)CCC(C)C)c(Cl)c1. The van der Waals surface area contributed by atoms with E-state index in [1.165, 1.54) is 0 Å². The van der Waals surface area contributed by atoms with E-state index >= 15 is 0 Å². The first-order valence-electron chi connectivity index (χ1n) is 9.18. The average molecular weight is 409 g/mol. The first-order chi connectivity index (χ1) is 13.2. The highest BCUT2D eigenvalue weighted by Gasteiger charge is 2.32. The number of nitrogens with one attached hydrogen (secondary N) is 2. The second kappa shape index (κ2) is 9.59. The van der Waals surface area contributed by atoms with E-state index in [-0.39, 0.29) is 23.3 Å². The summed E-state index contributed by atoms with van der Waals surface area (Å²) in [6.07, 6.45) is 1.03. The van der Waals surface area contributed by atoms with Crippen molar-refractivity contribution in [3.05, 3.63) is 40.1 Å². The van der Waals surface area contributed by atoms with Gasteiger partial charge in [-0.2, -0.15) is 0 Å². The zero-order valence-corrected chi connectivity index (χ0v) is 17.2. The number of hydrogen-bond donors (Lipinski definition) is 2. The molecule has 0 radical (unpaired) electrons.